The van der Waals surface area contributed by atoms with Crippen molar-refractivity contribution in [3.63, 3.8) is 0 Å². The SMILES string of the molecule is CC(=O)NC12C[C@H]3C[C@H](C1)CC(C(=O)N1CCN(C(=O)c4ccccc4F)CC1)(C3)C2. The quantitative estimate of drug-likeness (QED) is 0.806. The molecule has 0 unspecified atom stereocenters. The van der Waals surface area contributed by atoms with Crippen LogP contribution in [-0.4, -0.2) is 59.2 Å². The van der Waals surface area contributed by atoms with E-state index in [1.165, 1.54) is 18.6 Å². The summed E-state index contributed by atoms with van der Waals surface area (Å²) in [5, 5.41) is 3.22. The first-order valence-corrected chi connectivity index (χ1v) is 11.4. The molecule has 2 atom stereocenters. The van der Waals surface area contributed by atoms with E-state index in [0.29, 0.717) is 38.0 Å². The number of benzene rings is 1. The second kappa shape index (κ2) is 7.31. The van der Waals surface area contributed by atoms with E-state index < -0.39 is 5.82 Å². The van der Waals surface area contributed by atoms with Crippen LogP contribution in [0, 0.1) is 23.1 Å². The van der Waals surface area contributed by atoms with E-state index in [4.69, 9.17) is 0 Å². The summed E-state index contributed by atoms with van der Waals surface area (Å²) in [4.78, 5) is 41.9. The van der Waals surface area contributed by atoms with Gasteiger partial charge in [-0.1, -0.05) is 12.1 Å². The lowest BCUT2D eigenvalue weighted by atomic mass is 9.46. The van der Waals surface area contributed by atoms with Crippen LogP contribution in [0.4, 0.5) is 4.39 Å². The van der Waals surface area contributed by atoms with Gasteiger partial charge in [-0.25, -0.2) is 4.39 Å². The molecule has 166 valence electrons. The molecule has 1 aliphatic heterocycles. The standard InChI is InChI=1S/C24H30FN3O3/c1-16(29)26-24-13-17-10-18(14-24)12-23(11-17,15-24)22(31)28-8-6-27(7-9-28)21(30)19-4-2-3-5-20(19)25/h2-5,17-18H,6-15H2,1H3,(H,26,29)/t17-,18-,23?,24?/m0/s1. The molecule has 0 radical (unpaired) electrons. The summed E-state index contributed by atoms with van der Waals surface area (Å²) < 4.78 is 14.0. The van der Waals surface area contributed by atoms with Gasteiger partial charge in [-0.2, -0.15) is 0 Å². The smallest absolute Gasteiger partial charge is 0.256 e. The molecule has 1 saturated heterocycles. The molecule has 4 aliphatic carbocycles. The molecule has 1 N–H and O–H groups in total. The minimum atomic E-state index is -0.511. The number of halogens is 1. The molecule has 5 aliphatic rings. The molecule has 6 rings (SSSR count). The van der Waals surface area contributed by atoms with Crippen molar-refractivity contribution < 1.29 is 18.8 Å². The summed E-state index contributed by atoms with van der Waals surface area (Å²) in [5.74, 6) is 0.355. The normalized spacial score (nSPS) is 34.0. The number of nitrogens with one attached hydrogen (secondary N) is 1. The Kier molecular flexibility index (Phi) is 4.83. The first-order chi connectivity index (χ1) is 14.8. The van der Waals surface area contributed by atoms with E-state index in [1.54, 1.807) is 24.0 Å². The summed E-state index contributed by atoms with van der Waals surface area (Å²) in [5.41, 5.74) is -0.529. The van der Waals surface area contributed by atoms with Crippen molar-refractivity contribution in [2.75, 3.05) is 26.2 Å². The lowest BCUT2D eigenvalue weighted by Crippen LogP contribution is -2.66. The summed E-state index contributed by atoms with van der Waals surface area (Å²) >= 11 is 0. The Bertz CT molecular complexity index is 910. The van der Waals surface area contributed by atoms with E-state index in [9.17, 15) is 18.8 Å². The number of hydrogen-bond acceptors (Lipinski definition) is 3. The fraction of sp³-hybridized carbons (Fsp3) is 0.625. The Balaban J connectivity index is 1.28. The van der Waals surface area contributed by atoms with E-state index in [0.717, 1.165) is 32.1 Å². The lowest BCUT2D eigenvalue weighted by molar-refractivity contribution is -0.164. The number of nitrogens with zero attached hydrogens (tertiary/aromatic N) is 2. The maximum absolute atomic E-state index is 14.0. The number of carbonyl (C=O) groups is 3. The molecule has 0 spiro atoms. The van der Waals surface area contributed by atoms with Crippen molar-refractivity contribution in [3.05, 3.63) is 35.6 Å². The third-order valence-electron chi connectivity index (χ3n) is 7.91. The molecule has 1 aromatic carbocycles. The van der Waals surface area contributed by atoms with E-state index in [-0.39, 0.29) is 34.2 Å². The first-order valence-electron chi connectivity index (χ1n) is 11.4. The van der Waals surface area contributed by atoms with Gasteiger partial charge in [-0.05, 0) is 62.5 Å². The Labute approximate surface area is 182 Å². The van der Waals surface area contributed by atoms with Crippen LogP contribution >= 0.6 is 0 Å². The van der Waals surface area contributed by atoms with Crippen LogP contribution in [0.1, 0.15) is 55.8 Å². The van der Waals surface area contributed by atoms with Crippen molar-refractivity contribution in [1.82, 2.24) is 15.1 Å². The molecule has 4 bridgehead atoms. The average Bonchev–Trinajstić information content (AvgIpc) is 2.71. The largest absolute Gasteiger partial charge is 0.351 e. The van der Waals surface area contributed by atoms with Gasteiger partial charge in [0.1, 0.15) is 5.82 Å². The monoisotopic (exact) mass is 427 g/mol. The molecule has 5 fully saturated rings. The topological polar surface area (TPSA) is 69.7 Å². The van der Waals surface area contributed by atoms with Gasteiger partial charge in [0.15, 0.2) is 0 Å². The van der Waals surface area contributed by atoms with Gasteiger partial charge in [-0.3, -0.25) is 14.4 Å². The van der Waals surface area contributed by atoms with Gasteiger partial charge in [-0.15, -0.1) is 0 Å². The highest BCUT2D eigenvalue weighted by atomic mass is 19.1. The van der Waals surface area contributed by atoms with Crippen molar-refractivity contribution in [3.8, 4) is 0 Å². The minimum absolute atomic E-state index is 0.00943. The molecule has 7 heteroatoms. The van der Waals surface area contributed by atoms with Gasteiger partial charge < -0.3 is 15.1 Å². The van der Waals surface area contributed by atoms with Crippen molar-refractivity contribution in [2.45, 2.75) is 51.0 Å². The second-order valence-electron chi connectivity index (χ2n) is 10.3. The molecule has 3 amide bonds. The number of piperazine rings is 1. The third kappa shape index (κ3) is 3.52. The molecule has 6 nitrogen and oxygen atoms in total. The predicted molar refractivity (Wildman–Crippen MR) is 113 cm³/mol. The summed E-state index contributed by atoms with van der Waals surface area (Å²) in [6, 6.07) is 6.03. The Morgan fingerprint density at radius 2 is 1.58 bits per heavy atom. The predicted octanol–water partition coefficient (Wildman–Crippen LogP) is 2.59. The molecule has 1 aromatic rings. The first kappa shape index (κ1) is 20.5. The number of amides is 3. The van der Waals surface area contributed by atoms with Gasteiger partial charge in [0, 0.05) is 38.6 Å². The zero-order valence-corrected chi connectivity index (χ0v) is 18.0. The number of hydrogen-bond donors (Lipinski definition) is 1. The Morgan fingerprint density at radius 1 is 0.968 bits per heavy atom. The Hall–Kier alpha value is -2.44. The van der Waals surface area contributed by atoms with Gasteiger partial charge in [0.05, 0.1) is 11.0 Å². The molecular weight excluding hydrogens is 397 g/mol. The molecule has 4 saturated carbocycles. The van der Waals surface area contributed by atoms with Gasteiger partial charge in [0.2, 0.25) is 11.8 Å². The second-order valence-corrected chi connectivity index (χ2v) is 10.3. The number of rotatable bonds is 3. The zero-order chi connectivity index (χ0) is 21.8. The van der Waals surface area contributed by atoms with Crippen LogP contribution < -0.4 is 5.32 Å². The van der Waals surface area contributed by atoms with Gasteiger partial charge >= 0.3 is 0 Å². The molecule has 1 heterocycles. The maximum atomic E-state index is 14.0. The van der Waals surface area contributed by atoms with E-state index >= 15 is 0 Å². The maximum Gasteiger partial charge on any atom is 0.256 e. The fourth-order valence-electron chi connectivity index (χ4n) is 7.29. The van der Waals surface area contributed by atoms with Crippen molar-refractivity contribution in [2.24, 2.45) is 17.3 Å². The minimum Gasteiger partial charge on any atom is -0.351 e. The molecule has 0 aromatic heterocycles. The van der Waals surface area contributed by atoms with Crippen molar-refractivity contribution >= 4 is 17.7 Å². The highest BCUT2D eigenvalue weighted by Crippen LogP contribution is 2.62. The highest BCUT2D eigenvalue weighted by Gasteiger charge is 2.61. The summed E-state index contributed by atoms with van der Waals surface area (Å²) in [6.07, 6.45) is 5.71. The Morgan fingerprint density at radius 3 is 2.19 bits per heavy atom. The summed E-state index contributed by atoms with van der Waals surface area (Å²) in [7, 11) is 0. The average molecular weight is 428 g/mol. The van der Waals surface area contributed by atoms with Crippen LogP contribution in [0.2, 0.25) is 0 Å². The van der Waals surface area contributed by atoms with Crippen molar-refractivity contribution in [1.29, 1.82) is 0 Å². The van der Waals surface area contributed by atoms with Crippen LogP contribution in [-0.2, 0) is 9.59 Å². The van der Waals surface area contributed by atoms with E-state index in [1.807, 2.05) is 4.90 Å². The molecular formula is C24H30FN3O3. The van der Waals surface area contributed by atoms with Crippen LogP contribution in [0.5, 0.6) is 0 Å². The van der Waals surface area contributed by atoms with Gasteiger partial charge in [0.25, 0.3) is 5.91 Å². The van der Waals surface area contributed by atoms with Crippen LogP contribution in [0.25, 0.3) is 0 Å². The third-order valence-corrected chi connectivity index (χ3v) is 7.91. The van der Waals surface area contributed by atoms with Crippen LogP contribution in [0.15, 0.2) is 24.3 Å². The van der Waals surface area contributed by atoms with Crippen LogP contribution in [0.3, 0.4) is 0 Å². The zero-order valence-electron chi connectivity index (χ0n) is 18.0. The molecule has 31 heavy (non-hydrogen) atoms. The number of carbonyl (C=O) groups excluding carboxylic acids is 3. The van der Waals surface area contributed by atoms with E-state index in [2.05, 4.69) is 5.32 Å². The fourth-order valence-corrected chi connectivity index (χ4v) is 7.29. The highest BCUT2D eigenvalue weighted by molar-refractivity contribution is 5.94. The summed E-state index contributed by atoms with van der Waals surface area (Å²) in [6.45, 7) is 3.35. The lowest BCUT2D eigenvalue weighted by Gasteiger charge is -2.62.